The number of pyridine rings is 1. The molecule has 0 atom stereocenters. The van der Waals surface area contributed by atoms with Gasteiger partial charge < -0.3 is 5.73 Å². The molecule has 6 nitrogen and oxygen atoms in total. The molecule has 4 aromatic rings. The van der Waals surface area contributed by atoms with Gasteiger partial charge in [-0.25, -0.2) is 19.6 Å². The van der Waals surface area contributed by atoms with E-state index < -0.39 is 29.6 Å². The topological polar surface area (TPSA) is 82.5 Å². The Morgan fingerprint density at radius 3 is 2.03 bits per heavy atom. The third-order valence-electron chi connectivity index (χ3n) is 4.42. The summed E-state index contributed by atoms with van der Waals surface area (Å²) in [5.74, 6) is -0.104. The van der Waals surface area contributed by atoms with Gasteiger partial charge in [-0.1, -0.05) is 12.1 Å². The van der Waals surface area contributed by atoms with Crippen molar-refractivity contribution < 1.29 is 26.3 Å². The van der Waals surface area contributed by atoms with Gasteiger partial charge in [-0.05, 0) is 30.3 Å². The van der Waals surface area contributed by atoms with E-state index in [0.717, 1.165) is 28.9 Å². The molecule has 0 spiro atoms. The number of anilines is 1. The van der Waals surface area contributed by atoms with Crippen molar-refractivity contribution in [2.45, 2.75) is 12.4 Å². The van der Waals surface area contributed by atoms with Crippen molar-refractivity contribution in [3.63, 3.8) is 0 Å². The van der Waals surface area contributed by atoms with Crippen LogP contribution in [0.1, 0.15) is 11.3 Å². The Bertz CT molecular complexity index is 1240. The third kappa shape index (κ3) is 4.38. The number of hydrogen-bond acceptors (Lipinski definition) is 5. The minimum absolute atomic E-state index is 0.0577. The highest BCUT2D eigenvalue weighted by Gasteiger charge is 2.34. The number of alkyl halides is 6. The van der Waals surface area contributed by atoms with Gasteiger partial charge in [0.05, 0.1) is 17.5 Å². The van der Waals surface area contributed by atoms with Gasteiger partial charge in [0.25, 0.3) is 5.95 Å². The predicted molar refractivity (Wildman–Crippen MR) is 102 cm³/mol. The first-order valence-corrected chi connectivity index (χ1v) is 8.91. The van der Waals surface area contributed by atoms with E-state index in [0.29, 0.717) is 23.0 Å². The van der Waals surface area contributed by atoms with E-state index in [9.17, 15) is 26.3 Å². The Hall–Kier alpha value is -3.96. The molecule has 0 fully saturated rings. The van der Waals surface area contributed by atoms with Crippen LogP contribution in [0, 0.1) is 0 Å². The first-order valence-electron chi connectivity index (χ1n) is 8.91. The zero-order valence-corrected chi connectivity index (χ0v) is 15.9. The lowest BCUT2D eigenvalue weighted by molar-refractivity contribution is -0.141. The summed E-state index contributed by atoms with van der Waals surface area (Å²) in [6.45, 7) is 0. The van der Waals surface area contributed by atoms with Crippen LogP contribution in [0.2, 0.25) is 0 Å². The van der Waals surface area contributed by atoms with E-state index in [1.165, 1.54) is 18.6 Å². The quantitative estimate of drug-likeness (QED) is 0.444. The van der Waals surface area contributed by atoms with Crippen LogP contribution in [0.3, 0.4) is 0 Å². The van der Waals surface area contributed by atoms with E-state index in [1.807, 2.05) is 0 Å². The van der Waals surface area contributed by atoms with Crippen LogP contribution < -0.4 is 5.73 Å². The van der Waals surface area contributed by atoms with Crippen molar-refractivity contribution in [1.82, 2.24) is 24.7 Å². The molecule has 1 aromatic carbocycles. The lowest BCUT2D eigenvalue weighted by Crippen LogP contribution is -2.13. The Labute approximate surface area is 176 Å². The van der Waals surface area contributed by atoms with Crippen molar-refractivity contribution in [1.29, 1.82) is 0 Å². The summed E-state index contributed by atoms with van der Waals surface area (Å²) in [5.41, 5.74) is 4.34. The molecule has 0 amide bonds. The van der Waals surface area contributed by atoms with Crippen LogP contribution in [0.5, 0.6) is 0 Å². The molecular weight excluding hydrogens is 438 g/mol. The van der Waals surface area contributed by atoms with Crippen molar-refractivity contribution >= 4 is 5.82 Å². The Kier molecular flexibility index (Phi) is 5.07. The lowest BCUT2D eigenvalue weighted by atomic mass is 10.1. The van der Waals surface area contributed by atoms with Crippen LogP contribution in [-0.4, -0.2) is 24.7 Å². The highest BCUT2D eigenvalue weighted by atomic mass is 19.4. The van der Waals surface area contributed by atoms with Gasteiger partial charge in [0.15, 0.2) is 5.69 Å². The van der Waals surface area contributed by atoms with Crippen molar-refractivity contribution in [2.75, 3.05) is 5.73 Å². The fourth-order valence-electron chi connectivity index (χ4n) is 2.82. The molecule has 12 heteroatoms. The van der Waals surface area contributed by atoms with E-state index in [-0.39, 0.29) is 11.3 Å². The summed E-state index contributed by atoms with van der Waals surface area (Å²) in [6, 6.07) is 7.50. The van der Waals surface area contributed by atoms with Gasteiger partial charge in [-0.3, -0.25) is 0 Å². The molecule has 164 valence electrons. The summed E-state index contributed by atoms with van der Waals surface area (Å²) in [6.07, 6.45) is -5.13. The number of aromatic nitrogens is 5. The second-order valence-electron chi connectivity index (χ2n) is 6.66. The van der Waals surface area contributed by atoms with Crippen LogP contribution >= 0.6 is 0 Å². The first kappa shape index (κ1) is 21.3. The van der Waals surface area contributed by atoms with E-state index in [2.05, 4.69) is 20.1 Å². The van der Waals surface area contributed by atoms with E-state index in [4.69, 9.17) is 5.73 Å². The Morgan fingerprint density at radius 2 is 1.44 bits per heavy atom. The maximum Gasteiger partial charge on any atom is 0.433 e. The highest BCUT2D eigenvalue weighted by molar-refractivity contribution is 5.63. The summed E-state index contributed by atoms with van der Waals surface area (Å²) in [5, 5.41) is 4.01. The predicted octanol–water partition coefficient (Wildman–Crippen LogP) is 5.01. The van der Waals surface area contributed by atoms with Crippen LogP contribution in [-0.2, 0) is 12.4 Å². The molecule has 4 rings (SSSR count). The number of benzene rings is 1. The van der Waals surface area contributed by atoms with Gasteiger partial charge in [-0.2, -0.15) is 31.4 Å². The Balaban J connectivity index is 1.77. The fraction of sp³-hybridized carbons (Fsp3) is 0.100. The van der Waals surface area contributed by atoms with Crippen LogP contribution in [0.15, 0.2) is 61.1 Å². The zero-order chi connectivity index (χ0) is 23.1. The lowest BCUT2D eigenvalue weighted by Gasteiger charge is -2.11. The number of rotatable bonds is 3. The van der Waals surface area contributed by atoms with E-state index in [1.54, 1.807) is 12.1 Å². The summed E-state index contributed by atoms with van der Waals surface area (Å²) >= 11 is 0. The molecule has 0 bridgehead atoms. The SMILES string of the molecule is Nc1ccc(-c2cnn(-c3nc(-c4ccc(C(F)(F)F)cc4)cc(C(F)(F)F)n3)c2)cn1. The highest BCUT2D eigenvalue weighted by Crippen LogP contribution is 2.33. The number of hydrogen-bond donors (Lipinski definition) is 1. The molecule has 0 aliphatic rings. The van der Waals surface area contributed by atoms with Crippen molar-refractivity contribution in [2.24, 2.45) is 0 Å². The molecule has 0 unspecified atom stereocenters. The van der Waals surface area contributed by atoms with Gasteiger partial charge in [0.1, 0.15) is 5.82 Å². The van der Waals surface area contributed by atoms with Crippen molar-refractivity contribution in [3.05, 3.63) is 72.3 Å². The molecule has 0 radical (unpaired) electrons. The van der Waals surface area contributed by atoms with Crippen molar-refractivity contribution in [3.8, 4) is 28.3 Å². The second-order valence-corrected chi connectivity index (χ2v) is 6.66. The minimum Gasteiger partial charge on any atom is -0.384 e. The maximum absolute atomic E-state index is 13.4. The molecule has 0 saturated carbocycles. The summed E-state index contributed by atoms with van der Waals surface area (Å²) < 4.78 is 79.7. The summed E-state index contributed by atoms with van der Waals surface area (Å²) in [4.78, 5) is 11.5. The molecule has 0 aliphatic carbocycles. The standard InChI is InChI=1S/C20H12F6N6/c21-19(22,23)14-4-1-11(2-5-14)15-7-16(20(24,25)26)31-18(30-15)32-10-13(9-29-32)12-3-6-17(27)28-8-12/h1-10H,(H2,27,28). The molecule has 0 saturated heterocycles. The molecule has 32 heavy (non-hydrogen) atoms. The number of nitrogens with zero attached hydrogens (tertiary/aromatic N) is 5. The number of nitrogen functional groups attached to an aromatic ring is 1. The van der Waals surface area contributed by atoms with Gasteiger partial charge >= 0.3 is 12.4 Å². The van der Waals surface area contributed by atoms with Gasteiger partial charge in [0, 0.05) is 29.1 Å². The molecular formula is C20H12F6N6. The fourth-order valence-corrected chi connectivity index (χ4v) is 2.82. The first-order chi connectivity index (χ1) is 15.0. The molecule has 2 N–H and O–H groups in total. The van der Waals surface area contributed by atoms with Crippen LogP contribution in [0.4, 0.5) is 32.2 Å². The average molecular weight is 450 g/mol. The maximum atomic E-state index is 13.4. The third-order valence-corrected chi connectivity index (χ3v) is 4.42. The van der Waals surface area contributed by atoms with Gasteiger partial charge in [-0.15, -0.1) is 0 Å². The minimum atomic E-state index is -4.81. The summed E-state index contributed by atoms with van der Waals surface area (Å²) in [7, 11) is 0. The smallest absolute Gasteiger partial charge is 0.384 e. The number of nitrogens with two attached hydrogens (primary N) is 1. The van der Waals surface area contributed by atoms with E-state index >= 15 is 0 Å². The van der Waals surface area contributed by atoms with Crippen LogP contribution in [0.25, 0.3) is 28.3 Å². The Morgan fingerprint density at radius 1 is 0.750 bits per heavy atom. The van der Waals surface area contributed by atoms with Gasteiger partial charge in [0.2, 0.25) is 0 Å². The number of halogens is 6. The largest absolute Gasteiger partial charge is 0.433 e. The molecule has 3 aromatic heterocycles. The normalized spacial score (nSPS) is 12.2. The zero-order valence-electron chi connectivity index (χ0n) is 15.9. The second kappa shape index (κ2) is 7.62. The molecule has 3 heterocycles. The average Bonchev–Trinajstić information content (AvgIpc) is 3.23. The monoisotopic (exact) mass is 450 g/mol. The molecule has 0 aliphatic heterocycles.